The number of benzene rings is 1. The van der Waals surface area contributed by atoms with Crippen LogP contribution in [0.4, 0.5) is 11.5 Å². The predicted molar refractivity (Wildman–Crippen MR) is 91.0 cm³/mol. The van der Waals surface area contributed by atoms with Crippen molar-refractivity contribution in [3.8, 4) is 5.75 Å². The first-order valence-corrected chi connectivity index (χ1v) is 8.18. The Bertz CT molecular complexity index is 763. The van der Waals surface area contributed by atoms with Crippen molar-refractivity contribution in [3.05, 3.63) is 41.9 Å². The third kappa shape index (κ3) is 2.67. The standard InChI is InChI=1S/C18H20N4O/c1-12(2)23-13-5-6-15-14(9-13)18(21-15)16-10-17(20-11-19-16)22-7-3-4-8-22/h5-6,9-12H,3-4,7-8H2,1-2H3. The predicted octanol–water partition coefficient (Wildman–Crippen LogP) is 3.35. The lowest BCUT2D eigenvalue weighted by atomic mass is 9.99. The van der Waals surface area contributed by atoms with Gasteiger partial charge in [-0.05, 0) is 44.9 Å². The van der Waals surface area contributed by atoms with Crippen LogP contribution in [0, 0.1) is 0 Å². The van der Waals surface area contributed by atoms with E-state index in [1.807, 2.05) is 32.0 Å². The molecule has 1 aromatic carbocycles. The summed E-state index contributed by atoms with van der Waals surface area (Å²) in [6, 6.07) is 8.06. The number of aromatic nitrogens is 2. The van der Waals surface area contributed by atoms with E-state index in [2.05, 4.69) is 25.9 Å². The fourth-order valence-electron chi connectivity index (χ4n) is 3.07. The van der Waals surface area contributed by atoms with Crippen LogP contribution in [0.15, 0.2) is 35.6 Å². The molecule has 2 aromatic rings. The topological polar surface area (TPSA) is 50.6 Å². The maximum Gasteiger partial charge on any atom is 0.132 e. The van der Waals surface area contributed by atoms with Gasteiger partial charge in [0.25, 0.3) is 0 Å². The summed E-state index contributed by atoms with van der Waals surface area (Å²) in [5.74, 6) is 1.87. The Morgan fingerprint density at radius 2 is 1.91 bits per heavy atom. The second kappa shape index (κ2) is 5.65. The minimum Gasteiger partial charge on any atom is -0.491 e. The number of hydrogen-bond donors (Lipinski definition) is 0. The highest BCUT2D eigenvalue weighted by Gasteiger charge is 2.23. The fourth-order valence-corrected chi connectivity index (χ4v) is 3.07. The second-order valence-electron chi connectivity index (χ2n) is 6.26. The van der Waals surface area contributed by atoms with Crippen LogP contribution < -0.4 is 9.64 Å². The van der Waals surface area contributed by atoms with Gasteiger partial charge in [0.15, 0.2) is 0 Å². The summed E-state index contributed by atoms with van der Waals surface area (Å²) < 4.78 is 5.78. The SMILES string of the molecule is CC(C)Oc1ccc2c(c1)C(c1cc(N3CCCC3)ncn1)=N2. The Labute approximate surface area is 136 Å². The van der Waals surface area contributed by atoms with Gasteiger partial charge in [0.1, 0.15) is 17.9 Å². The lowest BCUT2D eigenvalue weighted by Crippen LogP contribution is -2.21. The molecular weight excluding hydrogens is 288 g/mol. The van der Waals surface area contributed by atoms with Crippen molar-refractivity contribution in [2.24, 2.45) is 4.99 Å². The van der Waals surface area contributed by atoms with Crippen LogP contribution in [0.2, 0.25) is 0 Å². The number of ether oxygens (including phenoxy) is 1. The van der Waals surface area contributed by atoms with Crippen LogP contribution in [0.5, 0.6) is 5.75 Å². The largest absolute Gasteiger partial charge is 0.491 e. The fraction of sp³-hybridized carbons (Fsp3) is 0.389. The van der Waals surface area contributed by atoms with E-state index in [4.69, 9.17) is 4.74 Å². The molecule has 4 rings (SSSR count). The summed E-state index contributed by atoms with van der Waals surface area (Å²) >= 11 is 0. The van der Waals surface area contributed by atoms with E-state index in [1.165, 1.54) is 12.8 Å². The van der Waals surface area contributed by atoms with Crippen molar-refractivity contribution in [3.63, 3.8) is 0 Å². The summed E-state index contributed by atoms with van der Waals surface area (Å²) in [5.41, 5.74) is 3.92. The Morgan fingerprint density at radius 1 is 1.09 bits per heavy atom. The zero-order chi connectivity index (χ0) is 15.8. The third-order valence-electron chi connectivity index (χ3n) is 4.15. The van der Waals surface area contributed by atoms with Gasteiger partial charge in [-0.3, -0.25) is 0 Å². The van der Waals surface area contributed by atoms with Crippen molar-refractivity contribution in [2.45, 2.75) is 32.8 Å². The van der Waals surface area contributed by atoms with Crippen LogP contribution in [0.25, 0.3) is 0 Å². The molecule has 5 heteroatoms. The summed E-state index contributed by atoms with van der Waals surface area (Å²) in [6.45, 7) is 6.21. The average Bonchev–Trinajstić information content (AvgIpc) is 3.04. The van der Waals surface area contributed by atoms with Gasteiger partial charge < -0.3 is 9.64 Å². The molecule has 0 amide bonds. The van der Waals surface area contributed by atoms with Gasteiger partial charge in [0, 0.05) is 24.7 Å². The number of anilines is 1. The molecule has 1 aromatic heterocycles. The molecule has 1 fully saturated rings. The Morgan fingerprint density at radius 3 is 2.70 bits per heavy atom. The molecule has 0 radical (unpaired) electrons. The molecule has 0 unspecified atom stereocenters. The summed E-state index contributed by atoms with van der Waals surface area (Å²) in [7, 11) is 0. The second-order valence-corrected chi connectivity index (χ2v) is 6.26. The molecule has 118 valence electrons. The molecule has 1 saturated heterocycles. The van der Waals surface area contributed by atoms with E-state index in [9.17, 15) is 0 Å². The van der Waals surface area contributed by atoms with Crippen LogP contribution in [0.3, 0.4) is 0 Å². The molecule has 23 heavy (non-hydrogen) atoms. The van der Waals surface area contributed by atoms with Crippen molar-refractivity contribution in [1.29, 1.82) is 0 Å². The Balaban J connectivity index is 1.61. The Hall–Kier alpha value is -2.43. The third-order valence-corrected chi connectivity index (χ3v) is 4.15. The monoisotopic (exact) mass is 308 g/mol. The molecule has 0 aliphatic carbocycles. The van der Waals surface area contributed by atoms with Gasteiger partial charge in [-0.15, -0.1) is 0 Å². The highest BCUT2D eigenvalue weighted by molar-refractivity contribution is 6.21. The van der Waals surface area contributed by atoms with Crippen LogP contribution in [0.1, 0.15) is 37.9 Å². The van der Waals surface area contributed by atoms with Gasteiger partial charge >= 0.3 is 0 Å². The highest BCUT2D eigenvalue weighted by atomic mass is 16.5. The van der Waals surface area contributed by atoms with Crippen molar-refractivity contribution < 1.29 is 4.74 Å². The number of hydrogen-bond acceptors (Lipinski definition) is 5. The molecule has 3 heterocycles. The van der Waals surface area contributed by atoms with E-state index in [0.29, 0.717) is 0 Å². The van der Waals surface area contributed by atoms with E-state index in [1.54, 1.807) is 6.33 Å². The molecule has 0 bridgehead atoms. The van der Waals surface area contributed by atoms with Crippen LogP contribution in [-0.4, -0.2) is 34.9 Å². The summed E-state index contributed by atoms with van der Waals surface area (Å²) in [4.78, 5) is 15.7. The maximum absolute atomic E-state index is 5.78. The number of aliphatic imine (C=N–C) groups is 1. The van der Waals surface area contributed by atoms with Gasteiger partial charge in [0.05, 0.1) is 23.2 Å². The molecule has 2 aliphatic heterocycles. The lowest BCUT2D eigenvalue weighted by Gasteiger charge is -2.21. The zero-order valence-corrected chi connectivity index (χ0v) is 13.5. The number of rotatable bonds is 4. The van der Waals surface area contributed by atoms with Crippen molar-refractivity contribution in [1.82, 2.24) is 9.97 Å². The van der Waals surface area contributed by atoms with Crippen molar-refractivity contribution >= 4 is 17.2 Å². The first kappa shape index (κ1) is 14.2. The van der Waals surface area contributed by atoms with E-state index >= 15 is 0 Å². The molecule has 0 spiro atoms. The Kier molecular flexibility index (Phi) is 3.48. The smallest absolute Gasteiger partial charge is 0.132 e. The normalized spacial score (nSPS) is 16.1. The summed E-state index contributed by atoms with van der Waals surface area (Å²) in [5, 5.41) is 0. The van der Waals surface area contributed by atoms with Gasteiger partial charge in [0.2, 0.25) is 0 Å². The lowest BCUT2D eigenvalue weighted by molar-refractivity contribution is 0.242. The molecular formula is C18H20N4O. The number of nitrogens with zero attached hydrogens (tertiary/aromatic N) is 4. The first-order chi connectivity index (χ1) is 11.2. The van der Waals surface area contributed by atoms with Gasteiger partial charge in [-0.25, -0.2) is 15.0 Å². The quantitative estimate of drug-likeness (QED) is 0.741. The first-order valence-electron chi connectivity index (χ1n) is 8.18. The minimum atomic E-state index is 0.161. The minimum absolute atomic E-state index is 0.161. The number of fused-ring (bicyclic) bond motifs is 1. The molecule has 0 saturated carbocycles. The van der Waals surface area contributed by atoms with Crippen LogP contribution >= 0.6 is 0 Å². The summed E-state index contributed by atoms with van der Waals surface area (Å²) in [6.07, 6.45) is 4.27. The highest BCUT2D eigenvalue weighted by Crippen LogP contribution is 2.35. The molecule has 0 atom stereocenters. The average molecular weight is 308 g/mol. The molecule has 2 aliphatic rings. The van der Waals surface area contributed by atoms with Crippen LogP contribution in [-0.2, 0) is 0 Å². The van der Waals surface area contributed by atoms with Crippen molar-refractivity contribution in [2.75, 3.05) is 18.0 Å². The van der Waals surface area contributed by atoms with Gasteiger partial charge in [-0.2, -0.15) is 0 Å². The molecule has 5 nitrogen and oxygen atoms in total. The molecule has 0 N–H and O–H groups in total. The van der Waals surface area contributed by atoms with E-state index < -0.39 is 0 Å². The zero-order valence-electron chi connectivity index (χ0n) is 13.5. The van der Waals surface area contributed by atoms with E-state index in [-0.39, 0.29) is 6.10 Å². The van der Waals surface area contributed by atoms with E-state index in [0.717, 1.165) is 47.3 Å². The van der Waals surface area contributed by atoms with Gasteiger partial charge in [-0.1, -0.05) is 0 Å². The maximum atomic E-state index is 5.78.